The smallest absolute Gasteiger partial charge is 0.330 e. The molecule has 6 aliphatic rings. The molecule has 3 heterocycles. The molecule has 53 heavy (non-hydrogen) atoms. The third-order valence-corrected chi connectivity index (χ3v) is 12.5. The van der Waals surface area contributed by atoms with E-state index in [4.69, 9.17) is 28.4 Å². The molecular formula is C37H61O16+. The van der Waals surface area contributed by atoms with E-state index in [1.54, 1.807) is 13.0 Å². The van der Waals surface area contributed by atoms with E-state index < -0.39 is 105 Å². The van der Waals surface area contributed by atoms with Crippen LogP contribution in [-0.4, -0.2) is 167 Å². The highest BCUT2D eigenvalue weighted by Crippen LogP contribution is 2.44. The zero-order chi connectivity index (χ0) is 38.1. The Kier molecular flexibility index (Phi) is 13.9. The van der Waals surface area contributed by atoms with E-state index in [0.29, 0.717) is 25.7 Å². The first-order valence-corrected chi connectivity index (χ1v) is 19.5. The summed E-state index contributed by atoms with van der Waals surface area (Å²) in [6, 6.07) is 0. The summed E-state index contributed by atoms with van der Waals surface area (Å²) in [5.74, 6) is -1.42. The number of allylic oxidation sites excluding steroid dienone is 1. The lowest BCUT2D eigenvalue weighted by Gasteiger charge is -2.50. The zero-order valence-electron chi connectivity index (χ0n) is 30.5. The molecular weight excluding hydrogens is 700 g/mol. The summed E-state index contributed by atoms with van der Waals surface area (Å²) in [5.41, 5.74) is 0. The van der Waals surface area contributed by atoms with Gasteiger partial charge in [0.1, 0.15) is 43.2 Å². The Morgan fingerprint density at radius 2 is 1.38 bits per heavy atom. The van der Waals surface area contributed by atoms with E-state index in [9.17, 15) is 50.8 Å². The van der Waals surface area contributed by atoms with Crippen molar-refractivity contribution in [2.24, 2.45) is 23.7 Å². The number of aliphatic hydroxyl groups excluding tert-OH is 9. The minimum Gasteiger partial charge on any atom is -0.460 e. The average molecular weight is 762 g/mol. The fourth-order valence-corrected chi connectivity index (χ4v) is 9.35. The van der Waals surface area contributed by atoms with Gasteiger partial charge in [-0.1, -0.05) is 13.0 Å². The molecule has 304 valence electrons. The fraction of sp³-hybridized carbons (Fsp3) is 0.919. The predicted octanol–water partition coefficient (Wildman–Crippen LogP) is -1.72. The van der Waals surface area contributed by atoms with Crippen molar-refractivity contribution in [2.45, 2.75) is 182 Å². The van der Waals surface area contributed by atoms with Crippen molar-refractivity contribution in [1.82, 2.24) is 0 Å². The van der Waals surface area contributed by atoms with Crippen LogP contribution in [-0.2, 0) is 28.5 Å². The van der Waals surface area contributed by atoms with Crippen molar-refractivity contribution in [3.05, 3.63) is 12.2 Å². The molecule has 16 nitrogen and oxygen atoms in total. The minimum atomic E-state index is -1.71. The van der Waals surface area contributed by atoms with Crippen LogP contribution in [0.3, 0.4) is 0 Å². The van der Waals surface area contributed by atoms with Crippen molar-refractivity contribution in [2.75, 3.05) is 6.61 Å². The van der Waals surface area contributed by atoms with Gasteiger partial charge in [0, 0.05) is 31.3 Å². The van der Waals surface area contributed by atoms with Gasteiger partial charge in [-0.2, -0.15) is 0 Å². The third kappa shape index (κ3) is 9.79. The van der Waals surface area contributed by atoms with Gasteiger partial charge in [0.15, 0.2) is 24.8 Å². The van der Waals surface area contributed by atoms with Gasteiger partial charge in [0.05, 0.1) is 48.6 Å². The summed E-state index contributed by atoms with van der Waals surface area (Å²) in [6.45, 7) is 3.17. The Morgan fingerprint density at radius 1 is 0.698 bits per heavy atom. The number of hydrogen-bond donors (Lipinski definition) is 9. The molecule has 6 fully saturated rings. The van der Waals surface area contributed by atoms with Crippen molar-refractivity contribution < 1.29 is 79.2 Å². The number of ether oxygens (including phenoxy) is 6. The lowest BCUT2D eigenvalue weighted by atomic mass is 9.70. The van der Waals surface area contributed by atoms with Crippen LogP contribution in [0, 0.1) is 23.7 Å². The van der Waals surface area contributed by atoms with Gasteiger partial charge < -0.3 is 74.4 Å². The van der Waals surface area contributed by atoms with E-state index in [1.807, 2.05) is 6.92 Å². The van der Waals surface area contributed by atoms with Gasteiger partial charge in [0.2, 0.25) is 0 Å². The molecule has 16 heteroatoms. The average Bonchev–Trinajstić information content (AvgIpc) is 3.11. The molecule has 6 rings (SSSR count). The Labute approximate surface area is 309 Å². The molecule has 0 spiro atoms. The topological polar surface area (TPSA) is 258 Å². The predicted molar refractivity (Wildman–Crippen MR) is 183 cm³/mol. The van der Waals surface area contributed by atoms with Gasteiger partial charge in [-0.25, -0.2) is 4.79 Å². The number of hydrogen-bond acceptors (Lipinski definition) is 15. The molecule has 3 saturated carbocycles. The van der Waals surface area contributed by atoms with Crippen LogP contribution in [0.15, 0.2) is 12.2 Å². The number of fused-ring (bicyclic) bond motifs is 1. The molecule has 0 radical (unpaired) electrons. The van der Waals surface area contributed by atoms with Gasteiger partial charge in [-0.05, 0) is 63.7 Å². The molecule has 10 N–H and O–H groups in total. The second-order valence-corrected chi connectivity index (χ2v) is 16.5. The van der Waals surface area contributed by atoms with E-state index in [2.05, 4.69) is 0 Å². The van der Waals surface area contributed by atoms with E-state index in [-0.39, 0.29) is 61.6 Å². The molecule has 0 aromatic heterocycles. The number of carbonyl (C=O) groups excluding carboxylic acids is 1. The van der Waals surface area contributed by atoms with Gasteiger partial charge in [0.25, 0.3) is 0 Å². The fourth-order valence-electron chi connectivity index (χ4n) is 9.35. The number of esters is 1. The van der Waals surface area contributed by atoms with Crippen LogP contribution in [0.1, 0.15) is 78.1 Å². The third-order valence-electron chi connectivity index (χ3n) is 12.5. The second kappa shape index (κ2) is 17.8. The first-order valence-electron chi connectivity index (χ1n) is 19.5. The summed E-state index contributed by atoms with van der Waals surface area (Å²) in [7, 11) is 0. The molecule has 0 aromatic rings. The molecule has 3 aliphatic carbocycles. The second-order valence-electron chi connectivity index (χ2n) is 16.5. The summed E-state index contributed by atoms with van der Waals surface area (Å²) in [5, 5.41) is 95.8. The first-order chi connectivity index (χ1) is 25.2. The number of rotatable bonds is 9. The Bertz CT molecular complexity index is 1200. The SMILES string of the molecule is CC1CC(C2[OH+]C3CC(O)CC(O[C@H]4O[C@H](C)C[C@H](O)[C@H]4O)C3CC2O[C@H]2O[C@H](COC(=O)C=CC3CCC(O)CC3)[C@@H](O)[C@H](O)[C@H]2O)CC(O)C1O. The van der Waals surface area contributed by atoms with Crippen LogP contribution in [0.2, 0.25) is 0 Å². The van der Waals surface area contributed by atoms with Gasteiger partial charge >= 0.3 is 5.97 Å². The first kappa shape index (κ1) is 41.3. The van der Waals surface area contributed by atoms with Crippen molar-refractivity contribution in [3.8, 4) is 0 Å². The summed E-state index contributed by atoms with van der Waals surface area (Å²) in [4.78, 5) is 12.6. The molecule has 3 aliphatic heterocycles. The molecule has 0 bridgehead atoms. The molecule has 3 saturated heterocycles. The highest BCUT2D eigenvalue weighted by Gasteiger charge is 2.56. The maximum absolute atomic E-state index is 12.6. The van der Waals surface area contributed by atoms with Crippen LogP contribution in [0.25, 0.3) is 0 Å². The highest BCUT2D eigenvalue weighted by atomic mass is 16.7. The quantitative estimate of drug-likeness (QED) is 0.0720. The van der Waals surface area contributed by atoms with Crippen LogP contribution in [0.5, 0.6) is 0 Å². The number of carbonyl (C=O) groups is 1. The Morgan fingerprint density at radius 3 is 2.09 bits per heavy atom. The molecule has 10 unspecified atom stereocenters. The van der Waals surface area contributed by atoms with Gasteiger partial charge in [-0.3, -0.25) is 0 Å². The summed E-state index contributed by atoms with van der Waals surface area (Å²) >= 11 is 0. The van der Waals surface area contributed by atoms with Crippen LogP contribution < -0.4 is 0 Å². The van der Waals surface area contributed by atoms with E-state index in [0.717, 1.165) is 12.8 Å². The minimum absolute atomic E-state index is 0.134. The van der Waals surface area contributed by atoms with Gasteiger partial charge in [-0.15, -0.1) is 0 Å². The van der Waals surface area contributed by atoms with Crippen LogP contribution >= 0.6 is 0 Å². The maximum atomic E-state index is 12.6. The maximum Gasteiger partial charge on any atom is 0.330 e. The van der Waals surface area contributed by atoms with Crippen molar-refractivity contribution >= 4 is 5.97 Å². The molecule has 19 atom stereocenters. The van der Waals surface area contributed by atoms with Crippen molar-refractivity contribution in [3.63, 3.8) is 0 Å². The molecule has 0 aromatic carbocycles. The summed E-state index contributed by atoms with van der Waals surface area (Å²) in [6.07, 6.45) is -9.49. The van der Waals surface area contributed by atoms with Crippen LogP contribution in [0.4, 0.5) is 0 Å². The van der Waals surface area contributed by atoms with E-state index >= 15 is 0 Å². The molecule has 0 amide bonds. The van der Waals surface area contributed by atoms with E-state index in [1.165, 1.54) is 6.08 Å². The lowest BCUT2D eigenvalue weighted by molar-refractivity contribution is -0.364. The Hall–Kier alpha value is -1.35. The normalized spacial score (nSPS) is 51.1. The lowest BCUT2D eigenvalue weighted by Crippen LogP contribution is -2.63. The monoisotopic (exact) mass is 761 g/mol. The van der Waals surface area contributed by atoms with Crippen molar-refractivity contribution in [1.29, 1.82) is 0 Å². The zero-order valence-corrected chi connectivity index (χ0v) is 30.5. The summed E-state index contributed by atoms with van der Waals surface area (Å²) < 4.78 is 35.1. The number of aliphatic hydroxyl groups is 11. The highest BCUT2D eigenvalue weighted by molar-refractivity contribution is 5.81. The Balaban J connectivity index is 1.17. The largest absolute Gasteiger partial charge is 0.460 e. The standard InChI is InChI=1S/C37H60O16/c1-16-9-19(11-24(41)30(16)43)35-27(14-22-25(50-35)12-21(39)13-26(22)51-36-31(44)23(40)10-17(2)49-36)52-37-34(47)33(46)32(45)28(53-37)15-48-29(42)8-5-18-3-6-20(38)7-4-18/h5,8,16-28,30-41,43-47H,3-4,6-7,9-15H2,1-2H3/p+1/t16?,17-,18?,19?,20?,21?,22?,23+,24?,25?,26?,27?,28-,30?,31-,32-,33+,34-,35?,36-,37+/m1/s1.